The van der Waals surface area contributed by atoms with Gasteiger partial charge in [0.1, 0.15) is 53.0 Å². The predicted molar refractivity (Wildman–Crippen MR) is 417 cm³/mol. The van der Waals surface area contributed by atoms with Crippen molar-refractivity contribution in [2.75, 3.05) is 81.2 Å². The van der Waals surface area contributed by atoms with E-state index in [1.807, 2.05) is 158 Å². The highest BCUT2D eigenvalue weighted by Crippen LogP contribution is 2.47. The van der Waals surface area contributed by atoms with Crippen molar-refractivity contribution in [3.63, 3.8) is 0 Å². The lowest BCUT2D eigenvalue weighted by atomic mass is 9.80. The third-order valence-corrected chi connectivity index (χ3v) is 20.1. The molecule has 2 aromatic heterocycles. The summed E-state index contributed by atoms with van der Waals surface area (Å²) in [6.07, 6.45) is 1.33. The topological polar surface area (TPSA) is 242 Å². The second kappa shape index (κ2) is 39.9. The predicted octanol–water partition coefficient (Wildman–Crippen LogP) is 12.1. The van der Waals surface area contributed by atoms with Crippen LogP contribution in [0.15, 0.2) is 250 Å². The average Bonchev–Trinajstić information content (AvgIpc) is 0.759. The minimum atomic E-state index is -1.64. The van der Waals surface area contributed by atoms with Crippen LogP contribution in [0, 0.1) is 20.4 Å². The number of aliphatic hydroxyl groups excluding tert-OH is 1. The maximum Gasteiger partial charge on any atom is 0.338 e. The van der Waals surface area contributed by atoms with Gasteiger partial charge in [0.15, 0.2) is 0 Å². The third kappa shape index (κ3) is 20.2. The molecule has 1 N–H and O–H groups in total. The van der Waals surface area contributed by atoms with Gasteiger partial charge >= 0.3 is 11.4 Å². The Bertz CT molecular complexity index is 4740. The van der Waals surface area contributed by atoms with Crippen LogP contribution in [-0.2, 0) is 52.3 Å². The number of benzene rings is 8. The Morgan fingerprint density at radius 3 is 1.09 bits per heavy atom. The molecule has 0 saturated carbocycles. The van der Waals surface area contributed by atoms with E-state index in [-0.39, 0.29) is 100 Å². The minimum absolute atomic E-state index is 0.00144. The molecule has 3 atom stereocenters. The molecule has 0 amide bonds. The molecular formula is C85H93N6O17P. The van der Waals surface area contributed by atoms with E-state index in [9.17, 15) is 33.9 Å². The Hall–Kier alpha value is -10.7. The van der Waals surface area contributed by atoms with E-state index in [2.05, 4.69) is 37.2 Å². The number of ether oxygens (including phenoxy) is 8. The van der Waals surface area contributed by atoms with Crippen molar-refractivity contribution in [3.05, 3.63) is 340 Å². The summed E-state index contributed by atoms with van der Waals surface area (Å²) in [6, 6.07) is 66.7. The number of methoxy groups -OCH3 is 4. The van der Waals surface area contributed by atoms with Gasteiger partial charge in [0.05, 0.1) is 81.2 Å². The summed E-state index contributed by atoms with van der Waals surface area (Å²) in [5.41, 5.74) is 0.700. The Labute approximate surface area is 635 Å². The molecule has 0 aliphatic rings. The molecule has 0 aliphatic heterocycles. The van der Waals surface area contributed by atoms with E-state index >= 15 is 0 Å². The number of hydrogen-bond acceptors (Lipinski definition) is 18. The van der Waals surface area contributed by atoms with Crippen LogP contribution in [0.5, 0.6) is 23.0 Å². The molecule has 10 aromatic rings. The standard InChI is InChI=1S/C47H55N4O9P.C38H38N2O8/c1-34(2)51(35(3)4)61(59-29-27-48-6)60-33-43(57-30-28-49-31-36(5)44(52)50(46(49)54)45(53)37-15-11-9-12-16-37)32-58-47(38-17-13-10-14-18-38,39-19-23-41(55-7)24-20-39)40-21-25-42(56-8)26-22-40;1-27-24-39(37(44)40(35(27)42)36(43)28-10-6-4-7-11-28)22-23-47-34(25-41)26-48-38(29-12-8-5-9-13-29,30-14-18-32(45-2)19-15-30)31-16-20-33(46-3)21-17-31/h9-26,31,34-35,43H,27-30,32-33H2,1-5,7-8H3;4-21,24,34,41H,22-23,25-26H2,1-3H3/t43-,61?;34-/m10/s1. The van der Waals surface area contributed by atoms with Gasteiger partial charge in [0.2, 0.25) is 6.54 Å². The van der Waals surface area contributed by atoms with Gasteiger partial charge in [-0.2, -0.15) is 9.13 Å². The van der Waals surface area contributed by atoms with Crippen molar-refractivity contribution >= 4 is 20.3 Å². The van der Waals surface area contributed by atoms with Crippen molar-refractivity contribution < 1.29 is 61.6 Å². The maximum atomic E-state index is 13.7. The first-order chi connectivity index (χ1) is 52.8. The summed E-state index contributed by atoms with van der Waals surface area (Å²) >= 11 is 0. The van der Waals surface area contributed by atoms with Crippen molar-refractivity contribution in [1.29, 1.82) is 0 Å². The molecule has 10 rings (SSSR count). The molecule has 0 aliphatic carbocycles. The Kier molecular flexibility index (Phi) is 30.1. The lowest BCUT2D eigenvalue weighted by Crippen LogP contribution is -2.45. The molecule has 2 heterocycles. The number of nitrogens with zero attached hydrogens (tertiary/aromatic N) is 6. The van der Waals surface area contributed by atoms with Gasteiger partial charge in [-0.25, -0.2) is 20.8 Å². The highest BCUT2D eigenvalue weighted by molar-refractivity contribution is 7.44. The van der Waals surface area contributed by atoms with Crippen molar-refractivity contribution in [1.82, 2.24) is 22.9 Å². The zero-order chi connectivity index (χ0) is 78.0. The Morgan fingerprint density at radius 1 is 0.450 bits per heavy atom. The molecule has 0 saturated heterocycles. The molecule has 8 aromatic carbocycles. The van der Waals surface area contributed by atoms with Gasteiger partial charge in [0, 0.05) is 46.7 Å². The smallest absolute Gasteiger partial charge is 0.338 e. The van der Waals surface area contributed by atoms with Crippen LogP contribution in [0.1, 0.15) is 92.9 Å². The zero-order valence-corrected chi connectivity index (χ0v) is 63.8. The van der Waals surface area contributed by atoms with E-state index in [1.165, 1.54) is 21.5 Å². The number of rotatable bonds is 36. The highest BCUT2D eigenvalue weighted by Gasteiger charge is 2.41. The van der Waals surface area contributed by atoms with Crippen LogP contribution >= 0.6 is 8.53 Å². The van der Waals surface area contributed by atoms with Crippen LogP contribution in [0.2, 0.25) is 0 Å². The number of carbonyl (C=O) groups excluding carboxylic acids is 2. The molecule has 23 nitrogen and oxygen atoms in total. The van der Waals surface area contributed by atoms with E-state index in [1.54, 1.807) is 103 Å². The SMILES string of the molecule is COc1ccc(C(OC[C@H](CO)OCCn2cc(C)c(=O)n(C(=O)c3ccccc3)c2=O)(c2ccccc2)c2ccc(OC)cc2)cc1.[C-]#[N+]CCOP(OC[C@@H](COC(c1ccccc1)(c1ccc(OC)cc1)c1ccc(OC)cc1)OCCn1cc(C)c(=O)n(C(=O)c2ccccc2)c1=O)N(C(C)C)C(C)C. The summed E-state index contributed by atoms with van der Waals surface area (Å²) in [6.45, 7) is 18.7. The van der Waals surface area contributed by atoms with Crippen molar-refractivity contribution in [2.45, 2.75) is 90.1 Å². The normalized spacial score (nSPS) is 12.4. The summed E-state index contributed by atoms with van der Waals surface area (Å²) in [7, 11) is 4.81. The summed E-state index contributed by atoms with van der Waals surface area (Å²) in [5.74, 6) is 1.32. The second-order valence-corrected chi connectivity index (χ2v) is 27.3. The average molecular weight is 1500 g/mol. The van der Waals surface area contributed by atoms with Gasteiger partial charge in [-0.15, -0.1) is 0 Å². The second-order valence-electron chi connectivity index (χ2n) is 25.8. The van der Waals surface area contributed by atoms with E-state index in [0.717, 1.165) is 33.4 Å². The number of carbonyl (C=O) groups is 2. The fraction of sp³-hybridized carbons (Fsp3) is 0.306. The maximum absolute atomic E-state index is 13.7. The van der Waals surface area contributed by atoms with E-state index in [0.29, 0.717) is 32.1 Å². The Balaban J connectivity index is 0.000000258. The molecule has 0 bridgehead atoms. The lowest BCUT2D eigenvalue weighted by Gasteiger charge is -2.38. The van der Waals surface area contributed by atoms with Gasteiger partial charge in [-0.05, 0) is 148 Å². The monoisotopic (exact) mass is 1500 g/mol. The van der Waals surface area contributed by atoms with Crippen LogP contribution in [0.25, 0.3) is 4.85 Å². The van der Waals surface area contributed by atoms with Crippen LogP contribution in [0.4, 0.5) is 0 Å². The van der Waals surface area contributed by atoms with Crippen molar-refractivity contribution in [2.24, 2.45) is 0 Å². The number of aromatic nitrogens is 4. The molecule has 0 radical (unpaired) electrons. The lowest BCUT2D eigenvalue weighted by molar-refractivity contribution is -0.0822. The molecule has 1 unspecified atom stereocenters. The van der Waals surface area contributed by atoms with Gasteiger partial charge in [-0.3, -0.25) is 28.3 Å². The van der Waals surface area contributed by atoms with Crippen LogP contribution in [-0.4, -0.2) is 145 Å². The molecule has 24 heteroatoms. The van der Waals surface area contributed by atoms with Crippen molar-refractivity contribution in [3.8, 4) is 23.0 Å². The van der Waals surface area contributed by atoms with Gasteiger partial charge < -0.3 is 56.9 Å². The van der Waals surface area contributed by atoms with Gasteiger partial charge in [0.25, 0.3) is 31.5 Å². The van der Waals surface area contributed by atoms with Crippen LogP contribution in [0.3, 0.4) is 0 Å². The van der Waals surface area contributed by atoms with E-state index < -0.39 is 66.2 Å². The minimum Gasteiger partial charge on any atom is -0.497 e. The largest absolute Gasteiger partial charge is 0.497 e. The number of aryl methyl sites for hydroxylation is 2. The fourth-order valence-electron chi connectivity index (χ4n) is 12.5. The summed E-state index contributed by atoms with van der Waals surface area (Å²) in [5, 5.41) is 10.3. The fourth-order valence-corrected chi connectivity index (χ4v) is 14.2. The highest BCUT2D eigenvalue weighted by atomic mass is 31.2. The summed E-state index contributed by atoms with van der Waals surface area (Å²) < 4.78 is 67.3. The summed E-state index contributed by atoms with van der Waals surface area (Å²) in [4.78, 5) is 82.9. The molecule has 0 fully saturated rings. The Morgan fingerprint density at radius 2 is 0.771 bits per heavy atom. The van der Waals surface area contributed by atoms with E-state index in [4.69, 9.17) is 53.5 Å². The quantitative estimate of drug-likeness (QED) is 0.0166. The molecule has 109 heavy (non-hydrogen) atoms. The van der Waals surface area contributed by atoms with Gasteiger partial charge in [-0.1, -0.05) is 146 Å². The number of hydrogen-bond donors (Lipinski definition) is 1. The first-order valence-electron chi connectivity index (χ1n) is 35.6. The number of aliphatic hydroxyl groups is 1. The first kappa shape index (κ1) is 82.3. The molecule has 0 spiro atoms. The molecular weight excluding hydrogens is 1410 g/mol. The molecule has 570 valence electrons. The first-order valence-corrected chi connectivity index (χ1v) is 36.7. The zero-order valence-electron chi connectivity index (χ0n) is 62.9. The van der Waals surface area contributed by atoms with Crippen LogP contribution < -0.4 is 41.4 Å². The third-order valence-electron chi connectivity index (χ3n) is 18.0.